The molecule has 1 atom stereocenters. The maximum atomic E-state index is 3.93. The molecule has 0 N–H and O–H groups in total. The van der Waals surface area contributed by atoms with Crippen molar-refractivity contribution in [1.29, 1.82) is 0 Å². The lowest BCUT2D eigenvalue weighted by Crippen LogP contribution is -2.10. The third-order valence-electron chi connectivity index (χ3n) is 4.96. The molecule has 1 heterocycles. The molecule has 0 radical (unpaired) electrons. The molecule has 0 fully saturated rings. The number of aryl methyl sites for hydroxylation is 1. The van der Waals surface area contributed by atoms with E-state index >= 15 is 0 Å². The minimum atomic E-state index is 0.346. The van der Waals surface area contributed by atoms with Crippen LogP contribution in [-0.2, 0) is 6.42 Å². The van der Waals surface area contributed by atoms with Gasteiger partial charge in [0.05, 0.1) is 6.04 Å². The van der Waals surface area contributed by atoms with Crippen molar-refractivity contribution in [3.63, 3.8) is 0 Å². The Balaban J connectivity index is 0.00000242. The molecule has 1 unspecified atom stereocenters. The van der Waals surface area contributed by atoms with Gasteiger partial charge in [-0.1, -0.05) is 107 Å². The van der Waals surface area contributed by atoms with E-state index in [0.29, 0.717) is 6.04 Å². The van der Waals surface area contributed by atoms with Gasteiger partial charge in [-0.15, -0.1) is 6.58 Å². The summed E-state index contributed by atoms with van der Waals surface area (Å²) < 4.78 is 2.51. The number of rotatable bonds is 11. The Kier molecular flexibility index (Phi) is 17.2. The third kappa shape index (κ3) is 10.6. The molecule has 0 saturated carbocycles. The lowest BCUT2D eigenvalue weighted by molar-refractivity contribution is 0.558. The Morgan fingerprint density at radius 2 is 1.70 bits per heavy atom. The number of hydrogen-bond acceptors (Lipinski definition) is 0. The molecule has 0 bridgehead atoms. The summed E-state index contributed by atoms with van der Waals surface area (Å²) in [6, 6.07) is 11.4. The van der Waals surface area contributed by atoms with Gasteiger partial charge in [0.2, 0.25) is 0 Å². The van der Waals surface area contributed by atoms with Gasteiger partial charge in [0.1, 0.15) is 0 Å². The Hall–Kier alpha value is -2.80. The number of benzene rings is 1. The monoisotopic (exact) mass is 445 g/mol. The topological polar surface area (TPSA) is 4.93 Å². The second-order valence-corrected chi connectivity index (χ2v) is 7.58. The Morgan fingerprint density at radius 1 is 1.00 bits per heavy atom. The van der Waals surface area contributed by atoms with Gasteiger partial charge in [-0.2, -0.15) is 0 Å². The van der Waals surface area contributed by atoms with Crippen molar-refractivity contribution >= 4 is 10.9 Å². The minimum absolute atomic E-state index is 0.346. The van der Waals surface area contributed by atoms with Gasteiger partial charge >= 0.3 is 0 Å². The molecule has 1 heteroatoms. The van der Waals surface area contributed by atoms with Crippen molar-refractivity contribution in [3.05, 3.63) is 109 Å². The molecule has 0 spiro atoms. The summed E-state index contributed by atoms with van der Waals surface area (Å²) in [6.45, 7) is 22.1. The fourth-order valence-corrected chi connectivity index (χ4v) is 3.54. The van der Waals surface area contributed by atoms with Gasteiger partial charge in [0, 0.05) is 11.2 Å². The zero-order valence-corrected chi connectivity index (χ0v) is 22.3. The fourth-order valence-electron chi connectivity index (χ4n) is 3.54. The van der Waals surface area contributed by atoms with Crippen LogP contribution < -0.4 is 0 Å². The molecular formula is C32H47N. The molecule has 0 aliphatic heterocycles. The van der Waals surface area contributed by atoms with Crippen LogP contribution in [0.5, 0.6) is 0 Å². The van der Waals surface area contributed by atoms with Crippen LogP contribution in [0.25, 0.3) is 10.9 Å². The second-order valence-electron chi connectivity index (χ2n) is 7.58. The summed E-state index contributed by atoms with van der Waals surface area (Å²) in [5.74, 6) is 0. The van der Waals surface area contributed by atoms with Crippen molar-refractivity contribution in [2.45, 2.75) is 80.2 Å². The van der Waals surface area contributed by atoms with Gasteiger partial charge in [-0.3, -0.25) is 0 Å². The number of nitrogens with zero attached hydrogens (tertiary/aromatic N) is 1. The zero-order valence-electron chi connectivity index (χ0n) is 22.3. The lowest BCUT2D eigenvalue weighted by Gasteiger charge is -2.19. The first-order valence-electron chi connectivity index (χ1n) is 12.6. The highest BCUT2D eigenvalue weighted by atomic mass is 15.0. The van der Waals surface area contributed by atoms with Crippen LogP contribution in [0.15, 0.2) is 103 Å². The first-order valence-corrected chi connectivity index (χ1v) is 12.6. The highest BCUT2D eigenvalue weighted by Gasteiger charge is 2.14. The predicted octanol–water partition coefficient (Wildman–Crippen LogP) is 10.3. The summed E-state index contributed by atoms with van der Waals surface area (Å²) >= 11 is 0. The van der Waals surface area contributed by atoms with E-state index in [4.69, 9.17) is 0 Å². The predicted molar refractivity (Wildman–Crippen MR) is 153 cm³/mol. The minimum Gasteiger partial charge on any atom is -0.338 e. The molecule has 0 aliphatic rings. The first kappa shape index (κ1) is 30.2. The fraction of sp³-hybridized carbons (Fsp3) is 0.375. The molecule has 0 amide bonds. The van der Waals surface area contributed by atoms with Crippen LogP contribution in [-0.4, -0.2) is 4.57 Å². The number of hydrogen-bond donors (Lipinski definition) is 0. The third-order valence-corrected chi connectivity index (χ3v) is 4.96. The van der Waals surface area contributed by atoms with Gasteiger partial charge < -0.3 is 4.57 Å². The lowest BCUT2D eigenvalue weighted by atomic mass is 10.1. The summed E-state index contributed by atoms with van der Waals surface area (Å²) in [5, 5.41) is 1.32. The molecule has 1 aromatic heterocycles. The van der Waals surface area contributed by atoms with E-state index in [1.54, 1.807) is 0 Å². The number of aromatic nitrogens is 1. The quantitative estimate of drug-likeness (QED) is 0.239. The summed E-state index contributed by atoms with van der Waals surface area (Å²) in [5.41, 5.74) is 5.13. The molecule has 180 valence electrons. The van der Waals surface area contributed by atoms with Crippen LogP contribution in [0.2, 0.25) is 0 Å². The maximum absolute atomic E-state index is 3.93. The van der Waals surface area contributed by atoms with Crippen LogP contribution >= 0.6 is 0 Å². The number of allylic oxidation sites excluding steroid dienone is 10. The van der Waals surface area contributed by atoms with E-state index in [1.165, 1.54) is 22.2 Å². The van der Waals surface area contributed by atoms with Crippen molar-refractivity contribution in [1.82, 2.24) is 4.57 Å². The first-order chi connectivity index (χ1) is 16.1. The van der Waals surface area contributed by atoms with E-state index in [-0.39, 0.29) is 0 Å². The second kappa shape index (κ2) is 18.7. The average molecular weight is 446 g/mol. The molecular weight excluding hydrogens is 398 g/mol. The van der Waals surface area contributed by atoms with Crippen molar-refractivity contribution in [2.75, 3.05) is 0 Å². The zero-order chi connectivity index (χ0) is 25.1. The Morgan fingerprint density at radius 3 is 2.30 bits per heavy atom. The Labute approximate surface area is 204 Å². The van der Waals surface area contributed by atoms with E-state index in [0.717, 1.165) is 31.3 Å². The molecule has 1 nitrogen and oxygen atoms in total. The van der Waals surface area contributed by atoms with Crippen LogP contribution in [0.4, 0.5) is 0 Å². The highest BCUT2D eigenvalue weighted by Crippen LogP contribution is 2.29. The molecule has 2 aromatic rings. The molecule has 1 aromatic carbocycles. The van der Waals surface area contributed by atoms with E-state index in [2.05, 4.69) is 105 Å². The Bertz CT molecular complexity index is 927. The van der Waals surface area contributed by atoms with E-state index in [1.807, 2.05) is 39.8 Å². The molecule has 0 aliphatic carbocycles. The van der Waals surface area contributed by atoms with Gasteiger partial charge in [-0.25, -0.2) is 0 Å². The summed E-state index contributed by atoms with van der Waals surface area (Å²) in [4.78, 5) is 0. The van der Waals surface area contributed by atoms with Crippen LogP contribution in [0, 0.1) is 0 Å². The number of para-hydroxylation sites is 1. The molecule has 2 rings (SSSR count). The van der Waals surface area contributed by atoms with Crippen molar-refractivity contribution in [3.8, 4) is 0 Å². The van der Waals surface area contributed by atoms with Crippen LogP contribution in [0.1, 0.15) is 79.5 Å². The standard InChI is InChI=1S/C28H35N.2C2H6/c1-6-9-17-27-22-25-16-11-13-19-28(25)29(27)26(14-7-2)18-12-10-15-24(8-3)21-20-23(4)5;2*1-2/h6-8,10-11,13-16,19-22,26H,1,3,9,12,17-18H2,2,4-5H3;2*1-2H3/b14-7-,15-10+,24-21+;;. The van der Waals surface area contributed by atoms with E-state index < -0.39 is 0 Å². The van der Waals surface area contributed by atoms with Crippen LogP contribution in [0.3, 0.4) is 0 Å². The number of fused-ring (bicyclic) bond motifs is 1. The summed E-state index contributed by atoms with van der Waals surface area (Å²) in [7, 11) is 0. The van der Waals surface area contributed by atoms with Gasteiger partial charge in [-0.05, 0) is 69.5 Å². The van der Waals surface area contributed by atoms with Crippen molar-refractivity contribution in [2.24, 2.45) is 0 Å². The largest absolute Gasteiger partial charge is 0.338 e. The molecule has 33 heavy (non-hydrogen) atoms. The maximum Gasteiger partial charge on any atom is 0.0522 e. The summed E-state index contributed by atoms with van der Waals surface area (Å²) in [6.07, 6.45) is 21.2. The van der Waals surface area contributed by atoms with E-state index in [9.17, 15) is 0 Å². The van der Waals surface area contributed by atoms with Gasteiger partial charge in [0.15, 0.2) is 0 Å². The van der Waals surface area contributed by atoms with Gasteiger partial charge in [0.25, 0.3) is 0 Å². The normalized spacial score (nSPS) is 12.0. The SMILES string of the molecule is C=CCCc1cc2ccccc2n1C(/C=C\C)CC/C=C/C(C=C)=C/C=C(C)C.CC.CC. The average Bonchev–Trinajstić information content (AvgIpc) is 3.22. The van der Waals surface area contributed by atoms with Crippen molar-refractivity contribution < 1.29 is 0 Å². The molecule has 0 saturated heterocycles. The smallest absolute Gasteiger partial charge is 0.0522 e. The highest BCUT2D eigenvalue weighted by molar-refractivity contribution is 5.81.